The van der Waals surface area contributed by atoms with E-state index in [0.717, 1.165) is 47.0 Å². The lowest BCUT2D eigenvalue weighted by molar-refractivity contribution is -0.138. The molecule has 2 N–H and O–H groups in total. The predicted molar refractivity (Wildman–Crippen MR) is 189 cm³/mol. The van der Waals surface area contributed by atoms with Gasteiger partial charge < -0.3 is 15.0 Å². The number of amides is 2. The number of piperidine rings is 1. The topological polar surface area (TPSA) is 103 Å². The molecule has 9 nitrogen and oxygen atoms in total. The Morgan fingerprint density at radius 2 is 1.71 bits per heavy atom. The molecule has 49 heavy (non-hydrogen) atoms. The van der Waals surface area contributed by atoms with Crippen molar-refractivity contribution in [2.45, 2.75) is 44.1 Å². The molecule has 2 aliphatic heterocycles. The number of fused-ring (bicyclic) bond motifs is 1. The number of carbonyl (C=O) groups is 2. The molecule has 2 aromatic heterocycles. The highest BCUT2D eigenvalue weighted by atomic mass is 19.1. The van der Waals surface area contributed by atoms with Crippen LogP contribution in [0.25, 0.3) is 33.4 Å². The van der Waals surface area contributed by atoms with Crippen LogP contribution in [0, 0.1) is 5.82 Å². The van der Waals surface area contributed by atoms with Crippen LogP contribution in [-0.4, -0.2) is 82.2 Å². The number of carbonyl (C=O) groups excluding carboxylic acids is 2. The van der Waals surface area contributed by atoms with Crippen LogP contribution >= 0.6 is 0 Å². The number of halogens is 1. The molecule has 0 bridgehead atoms. The van der Waals surface area contributed by atoms with Crippen LogP contribution in [-0.2, 0) is 20.7 Å². The molecule has 252 valence electrons. The Kier molecular flexibility index (Phi) is 9.25. The van der Waals surface area contributed by atoms with Gasteiger partial charge in [-0.1, -0.05) is 37.3 Å². The summed E-state index contributed by atoms with van der Waals surface area (Å²) in [7, 11) is 1.55. The van der Waals surface area contributed by atoms with Crippen molar-refractivity contribution >= 4 is 28.4 Å². The number of hydrogen-bond donors (Lipinski definition) is 2. The molecule has 0 spiro atoms. The zero-order valence-electron chi connectivity index (χ0n) is 27.9. The third-order valence-corrected chi connectivity index (χ3v) is 10.2. The molecule has 0 saturated carbocycles. The first-order valence-electron chi connectivity index (χ1n) is 17.0. The average Bonchev–Trinajstić information content (AvgIpc) is 3.77. The van der Waals surface area contributed by atoms with Gasteiger partial charge in [0, 0.05) is 61.7 Å². The Labute approximate surface area is 285 Å². The number of aryl methyl sites for hydroxylation is 1. The molecule has 2 saturated heterocycles. The molecule has 3 aromatic carbocycles. The summed E-state index contributed by atoms with van der Waals surface area (Å²) in [5, 5.41) is 11.3. The lowest BCUT2D eigenvalue weighted by atomic mass is 9.88. The van der Waals surface area contributed by atoms with Gasteiger partial charge in [-0.05, 0) is 91.3 Å². The van der Waals surface area contributed by atoms with E-state index in [4.69, 9.17) is 4.74 Å². The number of likely N-dealkylation sites (tertiary alicyclic amines) is 2. The summed E-state index contributed by atoms with van der Waals surface area (Å²) in [5.41, 5.74) is 6.50. The third kappa shape index (κ3) is 6.71. The van der Waals surface area contributed by atoms with Crippen LogP contribution < -0.4 is 5.32 Å². The number of nitrogens with one attached hydrogen (secondary N) is 2. The first-order chi connectivity index (χ1) is 23.9. The minimum atomic E-state index is -1.07. The second-order valence-electron chi connectivity index (χ2n) is 13.1. The Morgan fingerprint density at radius 1 is 0.980 bits per heavy atom. The fourth-order valence-corrected chi connectivity index (χ4v) is 7.25. The highest BCUT2D eigenvalue weighted by molar-refractivity contribution is 6.01. The largest absolute Gasteiger partial charge is 0.367 e. The number of methoxy groups -OCH3 is 1. The zero-order chi connectivity index (χ0) is 34.0. The van der Waals surface area contributed by atoms with Crippen molar-refractivity contribution in [1.82, 2.24) is 25.0 Å². The van der Waals surface area contributed by atoms with Gasteiger partial charge in [-0.15, -0.1) is 0 Å². The third-order valence-electron chi connectivity index (χ3n) is 10.2. The molecular weight excluding hydrogens is 619 g/mol. The minimum Gasteiger partial charge on any atom is -0.367 e. The Hall–Kier alpha value is -4.93. The van der Waals surface area contributed by atoms with E-state index in [1.54, 1.807) is 19.2 Å². The normalized spacial score (nSPS) is 18.6. The molecule has 2 amide bonds. The molecule has 2 aliphatic rings. The van der Waals surface area contributed by atoms with E-state index < -0.39 is 5.60 Å². The lowest BCUT2D eigenvalue weighted by Gasteiger charge is -2.33. The highest BCUT2D eigenvalue weighted by Gasteiger charge is 2.45. The number of anilines is 1. The summed E-state index contributed by atoms with van der Waals surface area (Å²) in [5.74, 6) is -0.0703. The summed E-state index contributed by atoms with van der Waals surface area (Å²) >= 11 is 0. The van der Waals surface area contributed by atoms with E-state index in [9.17, 15) is 14.0 Å². The van der Waals surface area contributed by atoms with Gasteiger partial charge in [0.25, 0.3) is 5.91 Å². The summed E-state index contributed by atoms with van der Waals surface area (Å²) in [6, 6.07) is 24.5. The van der Waals surface area contributed by atoms with E-state index in [1.807, 2.05) is 40.3 Å². The van der Waals surface area contributed by atoms with Crippen molar-refractivity contribution in [3.8, 4) is 22.5 Å². The molecule has 4 heterocycles. The van der Waals surface area contributed by atoms with Gasteiger partial charge in [0.2, 0.25) is 5.91 Å². The van der Waals surface area contributed by atoms with E-state index in [2.05, 4.69) is 57.8 Å². The smallest absolute Gasteiger partial charge is 0.258 e. The van der Waals surface area contributed by atoms with E-state index in [-0.39, 0.29) is 24.2 Å². The number of pyridine rings is 1. The monoisotopic (exact) mass is 660 g/mol. The SMILES string of the molecule is CCc1cccnc1-c1ccc(C2CCN(C(=O)CN3CCC(OC)(C(=O)Nc4ccc5[nH]nc(-c6ccc(F)cc6)c5c4)C3)CC2)cc1. The predicted octanol–water partition coefficient (Wildman–Crippen LogP) is 6.43. The van der Waals surface area contributed by atoms with Gasteiger partial charge in [-0.2, -0.15) is 5.10 Å². The van der Waals surface area contributed by atoms with Gasteiger partial charge in [0.05, 0.1) is 23.4 Å². The first kappa shape index (κ1) is 32.6. The second-order valence-corrected chi connectivity index (χ2v) is 13.1. The van der Waals surface area contributed by atoms with E-state index >= 15 is 0 Å². The molecule has 2 fully saturated rings. The van der Waals surface area contributed by atoms with Gasteiger partial charge in [-0.3, -0.25) is 24.6 Å². The Bertz CT molecular complexity index is 1950. The maximum Gasteiger partial charge on any atom is 0.258 e. The Morgan fingerprint density at radius 3 is 2.45 bits per heavy atom. The molecular formula is C39H41FN6O3. The fourth-order valence-electron chi connectivity index (χ4n) is 7.25. The lowest BCUT2D eigenvalue weighted by Crippen LogP contribution is -2.48. The molecule has 1 atom stereocenters. The van der Waals surface area contributed by atoms with Gasteiger partial charge in [-0.25, -0.2) is 4.39 Å². The molecule has 10 heteroatoms. The van der Waals surface area contributed by atoms with Crippen molar-refractivity contribution in [3.05, 3.63) is 102 Å². The number of hydrogen-bond acceptors (Lipinski definition) is 6. The van der Waals surface area contributed by atoms with Crippen molar-refractivity contribution in [2.75, 3.05) is 45.2 Å². The highest BCUT2D eigenvalue weighted by Crippen LogP contribution is 2.33. The van der Waals surface area contributed by atoms with Crippen LogP contribution in [0.15, 0.2) is 85.1 Å². The maximum absolute atomic E-state index is 13.6. The van der Waals surface area contributed by atoms with E-state index in [0.29, 0.717) is 49.9 Å². The van der Waals surface area contributed by atoms with Crippen LogP contribution in [0.4, 0.5) is 10.1 Å². The number of nitrogens with zero attached hydrogens (tertiary/aromatic N) is 4. The van der Waals surface area contributed by atoms with Crippen molar-refractivity contribution in [3.63, 3.8) is 0 Å². The summed E-state index contributed by atoms with van der Waals surface area (Å²) in [6.45, 7) is 4.74. The number of aromatic nitrogens is 3. The number of rotatable bonds is 9. The van der Waals surface area contributed by atoms with Crippen LogP contribution in [0.1, 0.15) is 43.2 Å². The number of ether oxygens (including phenoxy) is 1. The van der Waals surface area contributed by atoms with Crippen molar-refractivity contribution in [1.29, 1.82) is 0 Å². The van der Waals surface area contributed by atoms with Crippen molar-refractivity contribution < 1.29 is 18.7 Å². The molecule has 5 aromatic rings. The van der Waals surface area contributed by atoms with Crippen LogP contribution in [0.2, 0.25) is 0 Å². The first-order valence-corrected chi connectivity index (χ1v) is 17.0. The molecule has 0 radical (unpaired) electrons. The quantitative estimate of drug-likeness (QED) is 0.189. The molecule has 1 unspecified atom stereocenters. The second kappa shape index (κ2) is 13.9. The van der Waals surface area contributed by atoms with Crippen LogP contribution in [0.3, 0.4) is 0 Å². The summed E-state index contributed by atoms with van der Waals surface area (Å²) < 4.78 is 19.3. The van der Waals surface area contributed by atoms with E-state index in [1.165, 1.54) is 23.3 Å². The van der Waals surface area contributed by atoms with Crippen LogP contribution in [0.5, 0.6) is 0 Å². The van der Waals surface area contributed by atoms with Gasteiger partial charge in [0.15, 0.2) is 5.60 Å². The standard InChI is InChI=1S/C39H41FN6O3/c1-3-26-5-4-19-41-36(26)29-8-6-27(7-9-29)28-16-20-46(21-17-28)35(47)24-45-22-18-39(25-45,49-2)38(48)42-32-14-15-34-33(23-32)37(44-43-34)30-10-12-31(40)13-11-30/h4-15,19,23,28H,3,16-18,20-22,24-25H2,1-2H3,(H,42,48)(H,43,44). The van der Waals surface area contributed by atoms with Gasteiger partial charge in [0.1, 0.15) is 5.82 Å². The zero-order valence-corrected chi connectivity index (χ0v) is 27.9. The summed E-state index contributed by atoms with van der Waals surface area (Å²) in [6.07, 6.45) is 5.11. The number of benzene rings is 3. The number of H-pyrrole nitrogens is 1. The molecule has 7 rings (SSSR count). The fraction of sp³-hybridized carbons (Fsp3) is 0.333. The number of aromatic amines is 1. The Balaban J connectivity index is 0.936. The maximum atomic E-state index is 13.6. The van der Waals surface area contributed by atoms with Crippen molar-refractivity contribution in [2.24, 2.45) is 0 Å². The van der Waals surface area contributed by atoms with Gasteiger partial charge >= 0.3 is 0 Å². The molecule has 0 aliphatic carbocycles. The summed E-state index contributed by atoms with van der Waals surface area (Å²) in [4.78, 5) is 35.6. The minimum absolute atomic E-state index is 0.0853. The average molecular weight is 661 g/mol.